The van der Waals surface area contributed by atoms with Gasteiger partial charge in [0.2, 0.25) is 0 Å². The Morgan fingerprint density at radius 2 is 2.11 bits per heavy atom. The zero-order chi connectivity index (χ0) is 13.1. The number of ketones is 1. The molecule has 3 rings (SSSR count). The van der Waals surface area contributed by atoms with Gasteiger partial charge in [-0.1, -0.05) is 12.1 Å². The number of anilines is 1. The summed E-state index contributed by atoms with van der Waals surface area (Å²) in [6.07, 6.45) is 7.30. The third-order valence-electron chi connectivity index (χ3n) is 3.56. The van der Waals surface area contributed by atoms with Crippen molar-refractivity contribution in [2.75, 3.05) is 18.0 Å². The van der Waals surface area contributed by atoms with Gasteiger partial charge in [0.25, 0.3) is 0 Å². The van der Waals surface area contributed by atoms with Crippen LogP contribution >= 0.6 is 0 Å². The van der Waals surface area contributed by atoms with E-state index in [1.807, 2.05) is 36.8 Å². The Morgan fingerprint density at radius 3 is 2.95 bits per heavy atom. The average molecular weight is 255 g/mol. The second-order valence-electron chi connectivity index (χ2n) is 4.83. The Hall–Kier alpha value is -2.10. The van der Waals surface area contributed by atoms with Crippen LogP contribution in [0.25, 0.3) is 0 Å². The van der Waals surface area contributed by atoms with Gasteiger partial charge >= 0.3 is 0 Å². The number of para-hydroxylation sites is 1. The van der Waals surface area contributed by atoms with Crippen LogP contribution < -0.4 is 4.90 Å². The van der Waals surface area contributed by atoms with Crippen molar-refractivity contribution >= 4 is 11.5 Å². The molecule has 19 heavy (non-hydrogen) atoms. The van der Waals surface area contributed by atoms with Crippen LogP contribution in [0.3, 0.4) is 0 Å². The molecule has 0 spiro atoms. The van der Waals surface area contributed by atoms with Crippen molar-refractivity contribution in [1.29, 1.82) is 0 Å². The molecule has 2 heterocycles. The minimum atomic E-state index is 0.265. The maximum atomic E-state index is 11.9. The van der Waals surface area contributed by atoms with E-state index in [0.717, 1.165) is 37.3 Å². The zero-order valence-electron chi connectivity index (χ0n) is 10.8. The van der Waals surface area contributed by atoms with Gasteiger partial charge in [0.05, 0.1) is 6.33 Å². The van der Waals surface area contributed by atoms with Crippen molar-refractivity contribution < 1.29 is 4.79 Å². The monoisotopic (exact) mass is 255 g/mol. The van der Waals surface area contributed by atoms with Gasteiger partial charge in [0, 0.05) is 49.7 Å². The Balaban J connectivity index is 1.66. The van der Waals surface area contributed by atoms with E-state index in [9.17, 15) is 4.79 Å². The van der Waals surface area contributed by atoms with Crippen LogP contribution in [0.4, 0.5) is 5.69 Å². The van der Waals surface area contributed by atoms with Crippen molar-refractivity contribution in [3.63, 3.8) is 0 Å². The molecule has 1 aromatic heterocycles. The molecule has 0 atom stereocenters. The van der Waals surface area contributed by atoms with E-state index in [-0.39, 0.29) is 5.78 Å². The largest absolute Gasteiger partial charge is 0.370 e. The Morgan fingerprint density at radius 1 is 1.21 bits per heavy atom. The molecule has 4 heteroatoms. The fourth-order valence-corrected chi connectivity index (χ4v) is 2.57. The van der Waals surface area contributed by atoms with E-state index >= 15 is 0 Å². The number of benzene rings is 1. The molecule has 1 aromatic carbocycles. The predicted octanol–water partition coefficient (Wildman–Crippen LogP) is 2.37. The van der Waals surface area contributed by atoms with E-state index < -0.39 is 0 Å². The third kappa shape index (κ3) is 2.52. The lowest BCUT2D eigenvalue weighted by Crippen LogP contribution is -2.33. The summed E-state index contributed by atoms with van der Waals surface area (Å²) in [5.74, 6) is 0.265. The quantitative estimate of drug-likeness (QED) is 0.841. The lowest BCUT2D eigenvalue weighted by molar-refractivity contribution is 0.0980. The van der Waals surface area contributed by atoms with E-state index in [4.69, 9.17) is 0 Å². The summed E-state index contributed by atoms with van der Waals surface area (Å²) in [5.41, 5.74) is 1.96. The Kier molecular flexibility index (Phi) is 3.31. The Labute approximate surface area is 112 Å². The highest BCUT2D eigenvalue weighted by Crippen LogP contribution is 2.26. The van der Waals surface area contributed by atoms with Crippen LogP contribution in [0, 0.1) is 0 Å². The first-order chi connectivity index (χ1) is 9.34. The maximum Gasteiger partial charge on any atom is 0.166 e. The highest BCUT2D eigenvalue weighted by molar-refractivity contribution is 6.03. The number of carbonyl (C=O) groups excluding carboxylic acids is 1. The molecule has 1 aliphatic rings. The van der Waals surface area contributed by atoms with Gasteiger partial charge in [-0.3, -0.25) is 4.79 Å². The normalized spacial score (nSPS) is 14.5. The fraction of sp³-hybridized carbons (Fsp3) is 0.333. The summed E-state index contributed by atoms with van der Waals surface area (Å²) in [4.78, 5) is 18.2. The molecular formula is C15H17N3O. The van der Waals surface area contributed by atoms with Gasteiger partial charge in [-0.2, -0.15) is 0 Å². The number of rotatable bonds is 4. The van der Waals surface area contributed by atoms with Crippen LogP contribution in [0.5, 0.6) is 0 Å². The minimum absolute atomic E-state index is 0.265. The number of hydrogen-bond acceptors (Lipinski definition) is 3. The molecule has 1 aliphatic heterocycles. The molecule has 0 bridgehead atoms. The van der Waals surface area contributed by atoms with Crippen LogP contribution in [0.15, 0.2) is 43.0 Å². The van der Waals surface area contributed by atoms with Crippen LogP contribution in [0.2, 0.25) is 0 Å². The molecule has 4 nitrogen and oxygen atoms in total. The average Bonchev–Trinajstić information content (AvgIpc) is 2.95. The SMILES string of the molecule is O=C1CCN(CCCn2ccnc2)c2ccccc21. The number of fused-ring (bicyclic) bond motifs is 1. The summed E-state index contributed by atoms with van der Waals surface area (Å²) in [6, 6.07) is 7.91. The molecule has 0 amide bonds. The first-order valence-electron chi connectivity index (χ1n) is 6.67. The molecule has 0 radical (unpaired) electrons. The number of aryl methyl sites for hydroxylation is 1. The smallest absolute Gasteiger partial charge is 0.166 e. The standard InChI is InChI=1S/C15H17N3O/c19-15-6-10-18(14-5-2-1-4-13(14)15)9-3-8-17-11-7-16-12-17/h1-2,4-5,7,11-12H,3,6,8-10H2. The first-order valence-corrected chi connectivity index (χ1v) is 6.67. The lowest BCUT2D eigenvalue weighted by atomic mass is 10.0. The molecule has 0 aliphatic carbocycles. The number of Topliss-reactive ketones (excluding diaryl/α,β-unsaturated/α-hetero) is 1. The van der Waals surface area contributed by atoms with Gasteiger partial charge in [-0.15, -0.1) is 0 Å². The fourth-order valence-electron chi connectivity index (χ4n) is 2.57. The zero-order valence-corrected chi connectivity index (χ0v) is 10.8. The molecule has 0 fully saturated rings. The number of imidazole rings is 1. The van der Waals surface area contributed by atoms with Crippen molar-refractivity contribution in [1.82, 2.24) is 9.55 Å². The van der Waals surface area contributed by atoms with Crippen molar-refractivity contribution in [2.45, 2.75) is 19.4 Å². The van der Waals surface area contributed by atoms with Gasteiger partial charge in [-0.25, -0.2) is 4.98 Å². The van der Waals surface area contributed by atoms with E-state index in [1.54, 1.807) is 6.20 Å². The van der Waals surface area contributed by atoms with Crippen molar-refractivity contribution in [3.8, 4) is 0 Å². The van der Waals surface area contributed by atoms with Gasteiger partial charge < -0.3 is 9.47 Å². The molecule has 2 aromatic rings. The van der Waals surface area contributed by atoms with Crippen molar-refractivity contribution in [3.05, 3.63) is 48.5 Å². The highest BCUT2D eigenvalue weighted by atomic mass is 16.1. The van der Waals surface area contributed by atoms with Crippen LogP contribution in [-0.2, 0) is 6.54 Å². The van der Waals surface area contributed by atoms with Crippen LogP contribution in [-0.4, -0.2) is 28.4 Å². The summed E-state index contributed by atoms with van der Waals surface area (Å²) >= 11 is 0. The molecule has 0 unspecified atom stereocenters. The van der Waals surface area contributed by atoms with Gasteiger partial charge in [-0.05, 0) is 18.6 Å². The number of aromatic nitrogens is 2. The topological polar surface area (TPSA) is 38.1 Å². The first kappa shape index (κ1) is 12.0. The number of carbonyl (C=O) groups is 1. The minimum Gasteiger partial charge on any atom is -0.370 e. The second kappa shape index (κ2) is 5.26. The summed E-state index contributed by atoms with van der Waals surface area (Å²) < 4.78 is 2.08. The van der Waals surface area contributed by atoms with Gasteiger partial charge in [0.1, 0.15) is 0 Å². The Bertz CT molecular complexity index is 563. The number of nitrogens with zero attached hydrogens (tertiary/aromatic N) is 3. The van der Waals surface area contributed by atoms with Crippen LogP contribution in [0.1, 0.15) is 23.2 Å². The third-order valence-corrected chi connectivity index (χ3v) is 3.56. The summed E-state index contributed by atoms with van der Waals surface area (Å²) in [7, 11) is 0. The predicted molar refractivity (Wildman–Crippen MR) is 74.4 cm³/mol. The summed E-state index contributed by atoms with van der Waals surface area (Å²) in [5, 5.41) is 0. The highest BCUT2D eigenvalue weighted by Gasteiger charge is 2.21. The van der Waals surface area contributed by atoms with E-state index in [2.05, 4.69) is 14.5 Å². The molecule has 98 valence electrons. The molecule has 0 saturated carbocycles. The maximum absolute atomic E-state index is 11.9. The van der Waals surface area contributed by atoms with Crippen molar-refractivity contribution in [2.24, 2.45) is 0 Å². The lowest BCUT2D eigenvalue weighted by Gasteiger charge is -2.30. The van der Waals surface area contributed by atoms with Gasteiger partial charge in [0.15, 0.2) is 5.78 Å². The van der Waals surface area contributed by atoms with E-state index in [0.29, 0.717) is 6.42 Å². The summed E-state index contributed by atoms with van der Waals surface area (Å²) in [6.45, 7) is 2.77. The van der Waals surface area contributed by atoms with E-state index in [1.165, 1.54) is 0 Å². The second-order valence-corrected chi connectivity index (χ2v) is 4.83. The molecule has 0 saturated heterocycles. The molecule has 0 N–H and O–H groups in total. The molecular weight excluding hydrogens is 238 g/mol. The number of hydrogen-bond donors (Lipinski definition) is 0.